The van der Waals surface area contributed by atoms with Gasteiger partial charge in [-0.15, -0.1) is 0 Å². The Morgan fingerprint density at radius 1 is 1.36 bits per heavy atom. The highest BCUT2D eigenvalue weighted by Crippen LogP contribution is 2.25. The fraction of sp³-hybridized carbons (Fsp3) is 0.0556. The van der Waals surface area contributed by atoms with E-state index in [0.29, 0.717) is 21.6 Å². The van der Waals surface area contributed by atoms with Crippen molar-refractivity contribution in [2.24, 2.45) is 0 Å². The van der Waals surface area contributed by atoms with Crippen molar-refractivity contribution in [1.82, 2.24) is 9.36 Å². The Kier molecular flexibility index (Phi) is 5.88. The second-order valence-electron chi connectivity index (χ2n) is 5.30. The summed E-state index contributed by atoms with van der Waals surface area (Å²) in [5.74, 6) is -0.972. The molecule has 3 aromatic rings. The molecule has 0 aliphatic carbocycles. The Labute approximate surface area is 167 Å². The average molecular weight is 412 g/mol. The zero-order valence-corrected chi connectivity index (χ0v) is 16.0. The van der Waals surface area contributed by atoms with Crippen LogP contribution in [0.3, 0.4) is 0 Å². The fourth-order valence-electron chi connectivity index (χ4n) is 2.19. The lowest BCUT2D eigenvalue weighted by Gasteiger charge is -2.00. The third kappa shape index (κ3) is 4.46. The quantitative estimate of drug-likeness (QED) is 0.356. The average Bonchev–Trinajstić information content (AvgIpc) is 3.35. The normalized spacial score (nSPS) is 11.1. The molecule has 0 bridgehead atoms. The van der Waals surface area contributed by atoms with E-state index in [9.17, 15) is 14.9 Å². The van der Waals surface area contributed by atoms with Crippen molar-refractivity contribution in [3.05, 3.63) is 53.3 Å². The van der Waals surface area contributed by atoms with Gasteiger partial charge in [0, 0.05) is 23.2 Å². The number of carbonyl (C=O) groups is 2. The molecule has 0 aliphatic rings. The number of thioether (sulfide) groups is 1. The van der Waals surface area contributed by atoms with Gasteiger partial charge in [-0.05, 0) is 30.5 Å². The van der Waals surface area contributed by atoms with Crippen molar-refractivity contribution >= 4 is 46.4 Å². The van der Waals surface area contributed by atoms with Crippen LogP contribution in [0.4, 0.5) is 5.13 Å². The van der Waals surface area contributed by atoms with Crippen molar-refractivity contribution in [2.45, 2.75) is 5.16 Å². The van der Waals surface area contributed by atoms with E-state index < -0.39 is 11.9 Å². The van der Waals surface area contributed by atoms with E-state index >= 15 is 0 Å². The number of nitrogens with one attached hydrogen (secondary N) is 1. The molecule has 0 aliphatic heterocycles. The lowest BCUT2D eigenvalue weighted by molar-refractivity contribution is -0.112. The molecule has 0 spiro atoms. The van der Waals surface area contributed by atoms with E-state index in [1.54, 1.807) is 24.3 Å². The van der Waals surface area contributed by atoms with E-state index in [2.05, 4.69) is 14.7 Å². The SMILES string of the molecule is CSc1nsc(NC(=O)C(C#N)=Cc2ccc(-c3cccc(C(=O)O)c3)o2)n1. The second-order valence-corrected chi connectivity index (χ2v) is 6.82. The van der Waals surface area contributed by atoms with Gasteiger partial charge in [-0.25, -0.2) is 4.79 Å². The molecule has 0 atom stereocenters. The van der Waals surface area contributed by atoms with Crippen molar-refractivity contribution < 1.29 is 19.1 Å². The van der Waals surface area contributed by atoms with Gasteiger partial charge in [0.25, 0.3) is 5.91 Å². The van der Waals surface area contributed by atoms with Crippen molar-refractivity contribution in [3.8, 4) is 17.4 Å². The van der Waals surface area contributed by atoms with Crippen LogP contribution in [-0.4, -0.2) is 32.6 Å². The molecule has 2 N–H and O–H groups in total. The van der Waals surface area contributed by atoms with Gasteiger partial charge in [-0.3, -0.25) is 10.1 Å². The first-order valence-electron chi connectivity index (χ1n) is 7.74. The maximum Gasteiger partial charge on any atom is 0.335 e. The zero-order chi connectivity index (χ0) is 20.1. The molecule has 0 unspecified atom stereocenters. The number of nitrogens with zero attached hydrogens (tertiary/aromatic N) is 3. The summed E-state index contributed by atoms with van der Waals surface area (Å²) in [5, 5.41) is 21.7. The van der Waals surface area contributed by atoms with Crippen molar-refractivity contribution in [1.29, 1.82) is 5.26 Å². The zero-order valence-electron chi connectivity index (χ0n) is 14.4. The summed E-state index contributed by atoms with van der Waals surface area (Å²) >= 11 is 2.36. The number of hydrogen-bond acceptors (Lipinski definition) is 8. The number of nitriles is 1. The maximum atomic E-state index is 12.3. The van der Waals surface area contributed by atoms with E-state index in [1.165, 1.54) is 30.0 Å². The van der Waals surface area contributed by atoms with Crippen molar-refractivity contribution in [3.63, 3.8) is 0 Å². The second kappa shape index (κ2) is 8.51. The molecule has 3 rings (SSSR count). The summed E-state index contributed by atoms with van der Waals surface area (Å²) in [6.07, 6.45) is 3.12. The van der Waals surface area contributed by atoms with Crippen LogP contribution in [0, 0.1) is 11.3 Å². The number of furan rings is 1. The van der Waals surface area contributed by atoms with Gasteiger partial charge in [0.15, 0.2) is 0 Å². The molecule has 28 heavy (non-hydrogen) atoms. The third-order valence-electron chi connectivity index (χ3n) is 3.48. The monoisotopic (exact) mass is 412 g/mol. The Morgan fingerprint density at radius 2 is 2.18 bits per heavy atom. The molecular formula is C18H12N4O4S2. The summed E-state index contributed by atoms with van der Waals surface area (Å²) in [7, 11) is 0. The number of amides is 1. The molecule has 0 saturated carbocycles. The number of aromatic nitrogens is 2. The smallest absolute Gasteiger partial charge is 0.335 e. The van der Waals surface area contributed by atoms with E-state index in [4.69, 9.17) is 9.52 Å². The van der Waals surface area contributed by atoms with Gasteiger partial charge >= 0.3 is 5.97 Å². The van der Waals surface area contributed by atoms with E-state index in [-0.39, 0.29) is 16.9 Å². The van der Waals surface area contributed by atoms with Gasteiger partial charge in [0.05, 0.1) is 5.56 Å². The largest absolute Gasteiger partial charge is 0.478 e. The van der Waals surface area contributed by atoms with Crippen LogP contribution in [0.15, 0.2) is 51.5 Å². The molecule has 10 heteroatoms. The van der Waals surface area contributed by atoms with Gasteiger partial charge in [-0.2, -0.15) is 14.6 Å². The van der Waals surface area contributed by atoms with Crippen molar-refractivity contribution in [2.75, 3.05) is 11.6 Å². The first kappa shape index (κ1) is 19.3. The lowest BCUT2D eigenvalue weighted by Crippen LogP contribution is -2.13. The Hall–Kier alpha value is -3.42. The summed E-state index contributed by atoms with van der Waals surface area (Å²) in [4.78, 5) is 27.4. The molecule has 140 valence electrons. The maximum absolute atomic E-state index is 12.3. The van der Waals surface area contributed by atoms with Crippen LogP contribution in [0.25, 0.3) is 17.4 Å². The first-order chi connectivity index (χ1) is 13.5. The summed E-state index contributed by atoms with van der Waals surface area (Å²) < 4.78 is 9.66. The standard InChI is InChI=1S/C18H12N4O4S2/c1-27-18-21-17(28-22-18)20-15(23)12(9-19)8-13-5-6-14(26-13)10-3-2-4-11(7-10)16(24)25/h2-8H,1H3,(H,24,25)(H,20,21,22,23). The van der Waals surface area contributed by atoms with Gasteiger partial charge < -0.3 is 9.52 Å². The molecule has 1 aromatic carbocycles. The minimum absolute atomic E-state index is 0.129. The van der Waals surface area contributed by atoms with E-state index in [1.807, 2.05) is 12.3 Å². The number of carbonyl (C=O) groups excluding carboxylic acids is 1. The first-order valence-corrected chi connectivity index (χ1v) is 9.74. The minimum Gasteiger partial charge on any atom is -0.478 e. The molecular weight excluding hydrogens is 400 g/mol. The Bertz CT molecular complexity index is 1110. The number of aromatic carboxylic acids is 1. The Morgan fingerprint density at radius 3 is 2.86 bits per heavy atom. The van der Waals surface area contributed by atoms with Gasteiger partial charge in [-0.1, -0.05) is 23.9 Å². The summed E-state index contributed by atoms with van der Waals surface area (Å²) in [5.41, 5.74) is 0.534. The highest BCUT2D eigenvalue weighted by Gasteiger charge is 2.14. The van der Waals surface area contributed by atoms with Crippen LogP contribution in [0.5, 0.6) is 0 Å². The lowest BCUT2D eigenvalue weighted by atomic mass is 10.1. The topological polar surface area (TPSA) is 129 Å². The summed E-state index contributed by atoms with van der Waals surface area (Å²) in [6.45, 7) is 0. The fourth-order valence-corrected chi connectivity index (χ4v) is 3.31. The number of benzene rings is 1. The van der Waals surface area contributed by atoms with Crippen LogP contribution in [-0.2, 0) is 4.79 Å². The molecule has 0 fully saturated rings. The number of carboxylic acids is 1. The van der Waals surface area contributed by atoms with Gasteiger partial charge in [0.1, 0.15) is 23.2 Å². The number of anilines is 1. The number of carboxylic acid groups (broad SMARTS) is 1. The molecule has 8 nitrogen and oxygen atoms in total. The van der Waals surface area contributed by atoms with E-state index in [0.717, 1.165) is 11.5 Å². The highest BCUT2D eigenvalue weighted by molar-refractivity contribution is 7.98. The molecule has 2 aromatic heterocycles. The minimum atomic E-state index is -1.04. The van der Waals surface area contributed by atoms with Crippen LogP contribution in [0.2, 0.25) is 0 Å². The molecule has 1 amide bonds. The Balaban J connectivity index is 1.80. The molecule has 0 radical (unpaired) electrons. The number of rotatable bonds is 6. The van der Waals surface area contributed by atoms with Gasteiger partial charge in [0.2, 0.25) is 10.3 Å². The number of hydrogen-bond donors (Lipinski definition) is 2. The van der Waals surface area contributed by atoms with Crippen LogP contribution >= 0.6 is 23.3 Å². The van der Waals surface area contributed by atoms with Crippen LogP contribution in [0.1, 0.15) is 16.1 Å². The third-order valence-corrected chi connectivity index (χ3v) is 4.78. The predicted octanol–water partition coefficient (Wildman–Crippen LogP) is 3.76. The molecule has 2 heterocycles. The molecule has 0 saturated heterocycles. The predicted molar refractivity (Wildman–Crippen MR) is 105 cm³/mol. The van der Waals surface area contributed by atoms with Crippen LogP contribution < -0.4 is 5.32 Å². The highest BCUT2D eigenvalue weighted by atomic mass is 32.2. The summed E-state index contributed by atoms with van der Waals surface area (Å²) in [6, 6.07) is 11.3.